The molecule has 0 bridgehead atoms. The maximum absolute atomic E-state index is 12.0. The van der Waals surface area contributed by atoms with Crippen molar-refractivity contribution in [1.29, 1.82) is 0 Å². The number of benzene rings is 2. The molecule has 5 nitrogen and oxygen atoms in total. The predicted octanol–water partition coefficient (Wildman–Crippen LogP) is 2.85. The molecule has 0 spiro atoms. The molecule has 7 heteroatoms. The molecule has 0 aromatic heterocycles. The standard InChI is InChI=1S/C18H18ClNO4S/c1-23-17-6-2-3-7-18(17)24-13-5-4-12-20-25(21,22)14-15-8-10-16(19)11-9-15/h2-3,6-11,20H,12-14H2,1H3. The first-order valence-electron chi connectivity index (χ1n) is 7.43. The summed E-state index contributed by atoms with van der Waals surface area (Å²) in [5, 5.41) is 0.565. The Hall–Kier alpha value is -2.20. The molecule has 2 aromatic carbocycles. The second-order valence-corrected chi connectivity index (χ2v) is 7.24. The molecule has 2 rings (SSSR count). The summed E-state index contributed by atoms with van der Waals surface area (Å²) in [5.41, 5.74) is 0.657. The molecule has 0 heterocycles. The largest absolute Gasteiger partial charge is 0.493 e. The number of ether oxygens (including phenoxy) is 2. The lowest BCUT2D eigenvalue weighted by Crippen LogP contribution is -2.25. The van der Waals surface area contributed by atoms with Crippen molar-refractivity contribution < 1.29 is 17.9 Å². The van der Waals surface area contributed by atoms with E-state index >= 15 is 0 Å². The van der Waals surface area contributed by atoms with Gasteiger partial charge < -0.3 is 9.47 Å². The van der Waals surface area contributed by atoms with Gasteiger partial charge in [-0.05, 0) is 29.8 Å². The quantitative estimate of drug-likeness (QED) is 0.751. The molecule has 0 aliphatic rings. The van der Waals surface area contributed by atoms with Crippen LogP contribution in [0.25, 0.3) is 0 Å². The van der Waals surface area contributed by atoms with Crippen LogP contribution in [0.15, 0.2) is 48.5 Å². The molecule has 0 saturated carbocycles. The van der Waals surface area contributed by atoms with Crippen LogP contribution in [0.3, 0.4) is 0 Å². The predicted molar refractivity (Wildman–Crippen MR) is 98.3 cm³/mol. The van der Waals surface area contributed by atoms with Crippen LogP contribution in [0.1, 0.15) is 5.56 Å². The first-order valence-corrected chi connectivity index (χ1v) is 9.46. The molecule has 2 aromatic rings. The summed E-state index contributed by atoms with van der Waals surface area (Å²) in [6.45, 7) is 0.157. The average Bonchev–Trinajstić information content (AvgIpc) is 2.60. The molecule has 0 saturated heterocycles. The van der Waals surface area contributed by atoms with Crippen molar-refractivity contribution in [1.82, 2.24) is 4.72 Å². The summed E-state index contributed by atoms with van der Waals surface area (Å²) >= 11 is 5.78. The Balaban J connectivity index is 1.78. The van der Waals surface area contributed by atoms with Gasteiger partial charge in [0, 0.05) is 5.02 Å². The van der Waals surface area contributed by atoms with Crippen LogP contribution < -0.4 is 14.2 Å². The van der Waals surface area contributed by atoms with E-state index in [0.717, 1.165) is 0 Å². The van der Waals surface area contributed by atoms with Crippen LogP contribution in [0, 0.1) is 11.8 Å². The molecule has 0 amide bonds. The van der Waals surface area contributed by atoms with Crippen LogP contribution in [0.2, 0.25) is 5.02 Å². The molecule has 0 unspecified atom stereocenters. The Labute approximate surface area is 153 Å². The Morgan fingerprint density at radius 1 is 1.04 bits per heavy atom. The van der Waals surface area contributed by atoms with Gasteiger partial charge in [0.25, 0.3) is 0 Å². The van der Waals surface area contributed by atoms with Gasteiger partial charge in [-0.25, -0.2) is 13.1 Å². The SMILES string of the molecule is COc1ccccc1OCC#CCNS(=O)(=O)Cc1ccc(Cl)cc1. The van der Waals surface area contributed by atoms with E-state index in [1.165, 1.54) is 0 Å². The highest BCUT2D eigenvalue weighted by Crippen LogP contribution is 2.25. The fraction of sp³-hybridized carbons (Fsp3) is 0.222. The van der Waals surface area contributed by atoms with E-state index in [2.05, 4.69) is 16.6 Å². The van der Waals surface area contributed by atoms with Gasteiger partial charge in [-0.2, -0.15) is 0 Å². The fourth-order valence-corrected chi connectivity index (χ4v) is 3.11. The fourth-order valence-electron chi connectivity index (χ4n) is 1.96. The van der Waals surface area contributed by atoms with Gasteiger partial charge >= 0.3 is 0 Å². The van der Waals surface area contributed by atoms with Gasteiger partial charge in [-0.1, -0.05) is 47.7 Å². The van der Waals surface area contributed by atoms with Gasteiger partial charge in [0.05, 0.1) is 19.4 Å². The molecule has 0 fully saturated rings. The lowest BCUT2D eigenvalue weighted by molar-refractivity contribution is 0.331. The van der Waals surface area contributed by atoms with Gasteiger partial charge in [-0.15, -0.1) is 0 Å². The lowest BCUT2D eigenvalue weighted by Gasteiger charge is -2.07. The second kappa shape index (κ2) is 9.33. The Morgan fingerprint density at radius 2 is 1.72 bits per heavy atom. The minimum atomic E-state index is -3.45. The summed E-state index contributed by atoms with van der Waals surface area (Å²) < 4.78 is 37.0. The van der Waals surface area contributed by atoms with Crippen molar-refractivity contribution in [3.63, 3.8) is 0 Å². The zero-order valence-corrected chi connectivity index (χ0v) is 15.2. The monoisotopic (exact) mass is 379 g/mol. The molecule has 0 aliphatic carbocycles. The third-order valence-corrected chi connectivity index (χ3v) is 4.69. The number of halogens is 1. The molecule has 0 aliphatic heterocycles. The normalized spacial score (nSPS) is 10.6. The number of rotatable bonds is 7. The number of hydrogen-bond acceptors (Lipinski definition) is 4. The number of sulfonamides is 1. The van der Waals surface area contributed by atoms with Gasteiger partial charge in [0.2, 0.25) is 10.0 Å². The smallest absolute Gasteiger partial charge is 0.216 e. The number of methoxy groups -OCH3 is 1. The number of nitrogens with one attached hydrogen (secondary N) is 1. The molecular weight excluding hydrogens is 362 g/mol. The molecule has 0 atom stereocenters. The number of hydrogen-bond donors (Lipinski definition) is 1. The van der Waals surface area contributed by atoms with E-state index in [4.69, 9.17) is 21.1 Å². The topological polar surface area (TPSA) is 64.6 Å². The van der Waals surface area contributed by atoms with E-state index in [9.17, 15) is 8.42 Å². The third-order valence-electron chi connectivity index (χ3n) is 3.14. The third kappa shape index (κ3) is 6.67. The maximum atomic E-state index is 12.0. The van der Waals surface area contributed by atoms with Crippen LogP contribution in [0.5, 0.6) is 11.5 Å². The van der Waals surface area contributed by atoms with Crippen LogP contribution in [-0.2, 0) is 15.8 Å². The van der Waals surface area contributed by atoms with E-state index in [0.29, 0.717) is 22.1 Å². The maximum Gasteiger partial charge on any atom is 0.216 e. The Bertz CT molecular complexity index is 855. The summed E-state index contributed by atoms with van der Waals surface area (Å²) in [6, 6.07) is 13.9. The molecule has 1 N–H and O–H groups in total. The van der Waals surface area contributed by atoms with Crippen molar-refractivity contribution in [2.45, 2.75) is 5.75 Å². The summed E-state index contributed by atoms with van der Waals surface area (Å²) in [6.07, 6.45) is 0. The van der Waals surface area contributed by atoms with Crippen LogP contribution in [-0.4, -0.2) is 28.7 Å². The van der Waals surface area contributed by atoms with Crippen molar-refractivity contribution in [3.05, 3.63) is 59.1 Å². The Kier molecular flexibility index (Phi) is 7.14. The highest BCUT2D eigenvalue weighted by molar-refractivity contribution is 7.88. The van der Waals surface area contributed by atoms with E-state index < -0.39 is 10.0 Å². The van der Waals surface area contributed by atoms with Crippen LogP contribution in [0.4, 0.5) is 0 Å². The zero-order valence-electron chi connectivity index (χ0n) is 13.7. The molecular formula is C18H18ClNO4S. The van der Waals surface area contributed by atoms with Crippen molar-refractivity contribution in [2.75, 3.05) is 20.3 Å². The van der Waals surface area contributed by atoms with Crippen molar-refractivity contribution in [2.24, 2.45) is 0 Å². The average molecular weight is 380 g/mol. The zero-order chi connectivity index (χ0) is 18.1. The minimum absolute atomic E-state index is 0.0191. The molecule has 25 heavy (non-hydrogen) atoms. The summed E-state index contributed by atoms with van der Waals surface area (Å²) in [5.74, 6) is 6.56. The van der Waals surface area contributed by atoms with Crippen molar-refractivity contribution in [3.8, 4) is 23.3 Å². The first-order chi connectivity index (χ1) is 12.0. The van der Waals surface area contributed by atoms with Crippen LogP contribution >= 0.6 is 11.6 Å². The summed E-state index contributed by atoms with van der Waals surface area (Å²) in [4.78, 5) is 0. The number of para-hydroxylation sites is 2. The lowest BCUT2D eigenvalue weighted by atomic mass is 10.2. The second-order valence-electron chi connectivity index (χ2n) is 5.00. The highest BCUT2D eigenvalue weighted by atomic mass is 35.5. The Morgan fingerprint density at radius 3 is 2.40 bits per heavy atom. The highest BCUT2D eigenvalue weighted by Gasteiger charge is 2.10. The minimum Gasteiger partial charge on any atom is -0.493 e. The summed E-state index contributed by atoms with van der Waals surface area (Å²) in [7, 11) is -1.90. The van der Waals surface area contributed by atoms with Crippen molar-refractivity contribution >= 4 is 21.6 Å². The van der Waals surface area contributed by atoms with E-state index in [1.54, 1.807) is 43.5 Å². The van der Waals surface area contributed by atoms with Gasteiger partial charge in [0.1, 0.15) is 6.61 Å². The molecule has 132 valence electrons. The van der Waals surface area contributed by atoms with Gasteiger partial charge in [-0.3, -0.25) is 0 Å². The van der Waals surface area contributed by atoms with Gasteiger partial charge in [0.15, 0.2) is 11.5 Å². The van der Waals surface area contributed by atoms with E-state index in [-0.39, 0.29) is 18.9 Å². The first kappa shape index (κ1) is 19.1. The van der Waals surface area contributed by atoms with E-state index in [1.807, 2.05) is 12.1 Å². The molecule has 0 radical (unpaired) electrons.